The van der Waals surface area contributed by atoms with Crippen LogP contribution in [0.1, 0.15) is 239 Å². The van der Waals surface area contributed by atoms with Crippen LogP contribution >= 0.6 is 0 Å². The number of rotatable bonds is 29. The summed E-state index contributed by atoms with van der Waals surface area (Å²) in [5, 5.41) is 130. The molecule has 7 heterocycles. The summed E-state index contributed by atoms with van der Waals surface area (Å²) in [6.45, 7) is 38.6. The van der Waals surface area contributed by atoms with Gasteiger partial charge >= 0.3 is 11.9 Å². The molecule has 0 amide bonds. The summed E-state index contributed by atoms with van der Waals surface area (Å²) in [7, 11) is 10.6. The van der Waals surface area contributed by atoms with Crippen LogP contribution in [-0.2, 0) is 92.2 Å². The minimum absolute atomic E-state index is 0. The number of azide groups is 1. The number of aliphatic hydroxyl groups excluding tert-OH is 6. The van der Waals surface area contributed by atoms with E-state index in [0.717, 1.165) is 50.8 Å². The van der Waals surface area contributed by atoms with Crippen LogP contribution in [0.3, 0.4) is 0 Å². The van der Waals surface area contributed by atoms with Crippen molar-refractivity contribution in [3.05, 3.63) is 94.1 Å². The van der Waals surface area contributed by atoms with Crippen LogP contribution in [0.2, 0.25) is 0 Å². The number of carbonyl (C=O) groups excluding carboxylic acids is 2. The fourth-order valence-electron chi connectivity index (χ4n) is 21.1. The van der Waals surface area contributed by atoms with E-state index in [1.165, 1.54) is 39.2 Å². The summed E-state index contributed by atoms with van der Waals surface area (Å²) in [5.74, 6) is -2.73. The Hall–Kier alpha value is -9.57. The van der Waals surface area contributed by atoms with Gasteiger partial charge in [-0.05, 0) is 200 Å². The largest absolute Gasteiger partial charge is 0.459 e. The number of aryl methyl sites for hydroxylation is 3. The van der Waals surface area contributed by atoms with Crippen molar-refractivity contribution in [3.8, 4) is 12.3 Å². The van der Waals surface area contributed by atoms with Gasteiger partial charge in [-0.1, -0.05) is 71.1 Å². The molecule has 6 saturated heterocycles. The van der Waals surface area contributed by atoms with Crippen LogP contribution in [0, 0.1) is 60.0 Å². The quantitative estimate of drug-likeness (QED) is 0.00588. The Morgan fingerprint density at radius 3 is 1.31 bits per heavy atom. The van der Waals surface area contributed by atoms with E-state index in [2.05, 4.69) is 67.6 Å². The Bertz CT molecular complexity index is 4120. The number of hydrogen-bond donors (Lipinski definition) is 10. The monoisotopic (exact) mass is 2960 g/mol. The number of benzene rings is 2. The van der Waals surface area contributed by atoms with Crippen molar-refractivity contribution in [2.45, 2.75) is 428 Å². The third kappa shape index (κ3) is 32.7. The predicted octanol–water partition coefficient (Wildman–Crippen LogP) is 9.34. The first kappa shape index (κ1) is 125. The number of carbonyl (C=O) groups is 2. The van der Waals surface area contributed by atoms with Gasteiger partial charge in [-0.2, -0.15) is 71.8 Å². The minimum Gasteiger partial charge on any atom is -0.459 e. The SMILES string of the molecule is C#CCCN(C)[C@H]1C[C@@H](C)O[C@@H](O[C@@H]2[C@@H](C)[C@H](O[C@H]3C[C@@](C)(OC)[C@@H](O)[C@H](C)O3)[C@@H](C)C(=O)O[C@H](CC)[C@@](C)(O)[C@H](O)[C@@H](C)N(C)C[C@H](C)C[C@@]2(C)O)[C@@H]1O.CC[C@H]1OC(=O)[C@H](C)[C@@H](O[C@H]2C[C@@](C)(OC)[C@@H](O)[C@H](C)O2)[C@H](C)[C@@H](O[C@@H]2O[C@H](C)C[C@H](N(C)CCc3cn(CCCCc4cc[c-]cc4)nn3)[C@H]2O)[C@](C)(O)C[C@@H](C)CN(C)[C@H](C)[C@@H](O)[C@]1(C)O.[N-]=[N+]=NCCCCc1cc[c-]cc1.[No].[No].[No].[No]. The number of hydrogen-bond acceptors (Lipinski definition) is 31. The maximum absolute atomic E-state index is 14.5. The van der Waals surface area contributed by atoms with E-state index in [1.807, 2.05) is 120 Å². The van der Waals surface area contributed by atoms with Crippen LogP contribution in [-0.4, -0.2) is 353 Å². The third-order valence-electron chi connectivity index (χ3n) is 29.9. The van der Waals surface area contributed by atoms with Gasteiger partial charge in [-0.15, -0.1) is 17.4 Å². The maximum atomic E-state index is 14.5. The van der Waals surface area contributed by atoms with Crippen molar-refractivity contribution in [1.82, 2.24) is 34.6 Å². The molecule has 38 heteroatoms. The molecule has 6 aliphatic heterocycles. The molecule has 34 nitrogen and oxygen atoms in total. The second-order valence-electron chi connectivity index (χ2n) is 41.7. The standard InChI is InChI=1S/C51H86N5O12.C41H74N2O12.C10H12N3.4No/c1-14-40-51(10,62)44(58)35(6)55(12)29-31(2)27-49(8,61)46(33(4)43(34(5)47(60)66-40)67-41-28-50(9,63-13)45(59)36(7)65-41)68-48-42(57)39(26-32(3)64-48)54(11)25-23-38-30-56(53-52-38)24-19-18-22-37-20-16-15-17-21-37;1-15-17-18-42(12)29-19-24(4)51-38(32(29)44)55-36-25(5)33(54-31-21-40(10,50-14)35(46)28(8)52-31)26(6)37(47)53-30(16-2)41(11,49)34(45)27(7)43(13)22-23(3)20-39(36,9)48;11-13-12-9-5-4-8-10-6-2-1-3-7-10;;;;/h16-17,20-21,30-36,39-46,48,57-59,61-62H,14,18-19,22-29H2,1-13H3;1,23-36,38,44-46,48-49H,16-22H2,2-14H3;2-3,6-7H,4-5,8-9H2;;;;/q-1;;-1;;;;/t31-,32-,33+,34-,35-,36+,39+,40-,41+,42-,43+,44-,45+,46-,48+,49-,50-,51-;23-,24-,25+,26-,27-,28+,29+,30-,31+,32-,33+,34-,35+,36-,38+,39-,40-,41-;;;;;/m11...../s1. The van der Waals surface area contributed by atoms with Gasteiger partial charge in [0.1, 0.15) is 60.0 Å². The Balaban J connectivity index is 0.000000629. The molecule has 0 unspecified atom stereocenters. The molecule has 3 aromatic rings. The van der Waals surface area contributed by atoms with Gasteiger partial charge < -0.3 is 123 Å². The van der Waals surface area contributed by atoms with Gasteiger partial charge in [0, 0.05) is 126 Å². The van der Waals surface area contributed by atoms with Gasteiger partial charge in [0.25, 0.3) is 0 Å². The Labute approximate surface area is 810 Å². The van der Waals surface area contributed by atoms with Crippen molar-refractivity contribution >= 4 is 11.9 Å². The van der Waals surface area contributed by atoms with E-state index in [1.54, 1.807) is 83.1 Å². The van der Waals surface area contributed by atoms with Crippen LogP contribution in [0.15, 0.2) is 59.8 Å². The first-order valence-electron chi connectivity index (χ1n) is 49.6. The molecule has 1 aromatic heterocycles. The summed E-state index contributed by atoms with van der Waals surface area (Å²) in [4.78, 5) is 39.4. The van der Waals surface area contributed by atoms with E-state index in [-0.39, 0.29) is 74.7 Å². The van der Waals surface area contributed by atoms with Crippen LogP contribution in [0.25, 0.3) is 10.4 Å². The van der Waals surface area contributed by atoms with Gasteiger partial charge in [0.2, 0.25) is 0 Å². The molecule has 36 atom stereocenters. The first-order valence-corrected chi connectivity index (χ1v) is 49.6. The summed E-state index contributed by atoms with van der Waals surface area (Å²) < 4.78 is 77.9. The molecule has 832 valence electrons. The molecule has 9 rings (SSSR count). The molecule has 2 aromatic carbocycles. The van der Waals surface area contributed by atoms with Gasteiger partial charge in [-0.25, -0.2) is 0 Å². The predicted molar refractivity (Wildman–Crippen MR) is 514 cm³/mol. The second-order valence-corrected chi connectivity index (χ2v) is 41.7. The summed E-state index contributed by atoms with van der Waals surface area (Å²) in [6.07, 6.45) is -2.62. The van der Waals surface area contributed by atoms with Crippen molar-refractivity contribution in [2.24, 2.45) is 40.6 Å². The molecular weight excluding hydrogens is 2790 g/mol. The van der Waals surface area contributed by atoms with Gasteiger partial charge in [0.15, 0.2) is 25.2 Å². The number of likely N-dealkylation sites (N-methyl/N-ethyl adjacent to an activating group) is 4. The molecule has 0 saturated carbocycles. The van der Waals surface area contributed by atoms with Crippen molar-refractivity contribution in [2.75, 3.05) is 75.1 Å². The zero-order chi connectivity index (χ0) is 101. The van der Waals surface area contributed by atoms with Crippen molar-refractivity contribution in [1.29, 1.82) is 0 Å². The molecule has 6 aliphatic rings. The molecular formula is C102H172N10No4O24-2. The molecule has 10 N–H and O–H groups in total. The first-order chi connectivity index (χ1) is 63.8. The van der Waals surface area contributed by atoms with E-state index in [0.29, 0.717) is 58.4 Å². The van der Waals surface area contributed by atoms with E-state index in [9.17, 15) is 60.7 Å². The summed E-state index contributed by atoms with van der Waals surface area (Å²) >= 11 is 0. The normalized spacial score (nSPS) is 39.2. The Morgan fingerprint density at radius 1 is 0.557 bits per heavy atom. The molecule has 0 aliphatic carbocycles. The van der Waals surface area contributed by atoms with E-state index in [4.69, 9.17) is 68.8 Å². The van der Waals surface area contributed by atoms with Crippen molar-refractivity contribution < 1.29 is 117 Å². The number of unbranched alkanes of at least 4 members (excludes halogenated alkanes) is 2. The Kier molecular flexibility index (Phi) is 49.2. The third-order valence-corrected chi connectivity index (χ3v) is 29.9. The minimum atomic E-state index is -1.83. The number of aliphatic hydroxyl groups is 10. The fourth-order valence-corrected chi connectivity index (χ4v) is 21.1. The maximum Gasteiger partial charge on any atom is 0.311 e. The molecule has 0 bridgehead atoms. The number of ether oxygens (including phenoxy) is 12. The Morgan fingerprint density at radius 2 is 0.943 bits per heavy atom. The van der Waals surface area contributed by atoms with Crippen LogP contribution in [0.4, 0.5) is 0 Å². The van der Waals surface area contributed by atoms with Gasteiger partial charge in [0.05, 0.1) is 88.8 Å². The summed E-state index contributed by atoms with van der Waals surface area (Å²) in [5.41, 5.74) is 2.59. The molecule has 140 heavy (non-hydrogen) atoms. The van der Waals surface area contributed by atoms with E-state index >= 15 is 0 Å². The number of terminal acetylenes is 1. The van der Waals surface area contributed by atoms with Crippen molar-refractivity contribution in [3.63, 3.8) is 0 Å². The second kappa shape index (κ2) is 55.3. The average molecular weight is 2960 g/mol. The van der Waals surface area contributed by atoms with Crippen LogP contribution in [0.5, 0.6) is 0 Å². The molecule has 0 radical (unpaired) electrons. The van der Waals surface area contributed by atoms with E-state index < -0.39 is 192 Å². The topological polar surface area (TPSA) is 440 Å². The smallest absolute Gasteiger partial charge is 0.311 e. The average Bonchev–Trinajstić information content (AvgIpc) is 1.14. The number of cyclic esters (lactones) is 2. The zero-order valence-electron chi connectivity index (χ0n) is 87.4. The number of esters is 2. The summed E-state index contributed by atoms with van der Waals surface area (Å²) in [6, 6.07) is 20.2. The fraction of sp³-hybridized carbons (Fsp3) is 0.824. The molecule has 6 fully saturated rings. The number of nitrogens with zero attached hydrogens (tertiary/aromatic N) is 10. The molecule has 0 spiro atoms. The van der Waals surface area contributed by atoms with Crippen LogP contribution < -0.4 is 0 Å². The number of aromatic nitrogens is 3. The zero-order valence-corrected chi connectivity index (χ0v) is 96.3. The number of methoxy groups -OCH3 is 2. The van der Waals surface area contributed by atoms with Gasteiger partial charge in [-0.3, -0.25) is 19.2 Å².